The minimum absolute atomic E-state index is 0.286. The molecule has 2 rings (SSSR count). The summed E-state index contributed by atoms with van der Waals surface area (Å²) in [7, 11) is 0. The maximum Gasteiger partial charge on any atom is 0.223 e. The van der Waals surface area contributed by atoms with Gasteiger partial charge in [0.15, 0.2) is 0 Å². The number of ether oxygens (including phenoxy) is 1. The molecule has 17 heavy (non-hydrogen) atoms. The molecule has 4 heteroatoms. The number of nitrogens with zero attached hydrogens (tertiary/aromatic N) is 1. The minimum Gasteiger partial charge on any atom is -0.382 e. The Bertz CT molecular complexity index is 262. The summed E-state index contributed by atoms with van der Waals surface area (Å²) in [5.74, 6) is 0.350. The van der Waals surface area contributed by atoms with E-state index < -0.39 is 0 Å². The van der Waals surface area contributed by atoms with Crippen molar-refractivity contribution in [2.75, 3.05) is 39.4 Å². The number of rotatable bonds is 5. The molecule has 0 radical (unpaired) electrons. The zero-order valence-electron chi connectivity index (χ0n) is 10.8. The molecule has 0 bridgehead atoms. The average molecular weight is 240 g/mol. The van der Waals surface area contributed by atoms with Crippen molar-refractivity contribution in [1.29, 1.82) is 0 Å². The molecule has 0 saturated carbocycles. The van der Waals surface area contributed by atoms with Crippen LogP contribution in [0.3, 0.4) is 0 Å². The third-order valence-corrected chi connectivity index (χ3v) is 3.99. The lowest BCUT2D eigenvalue weighted by molar-refractivity contribution is -0.128. The molecule has 2 aliphatic rings. The first kappa shape index (κ1) is 12.8. The molecule has 4 nitrogen and oxygen atoms in total. The first-order valence-electron chi connectivity index (χ1n) is 6.82. The van der Waals surface area contributed by atoms with Crippen LogP contribution in [0, 0.1) is 5.41 Å². The third-order valence-electron chi connectivity index (χ3n) is 3.99. The van der Waals surface area contributed by atoms with Gasteiger partial charge >= 0.3 is 0 Å². The Labute approximate surface area is 104 Å². The van der Waals surface area contributed by atoms with Crippen LogP contribution in [-0.2, 0) is 9.53 Å². The van der Waals surface area contributed by atoms with Gasteiger partial charge in [0.25, 0.3) is 0 Å². The van der Waals surface area contributed by atoms with Gasteiger partial charge in [-0.2, -0.15) is 0 Å². The number of carbonyl (C=O) groups is 1. The number of nitrogens with one attached hydrogen (secondary N) is 1. The highest BCUT2D eigenvalue weighted by atomic mass is 16.5. The second-order valence-corrected chi connectivity index (χ2v) is 5.29. The van der Waals surface area contributed by atoms with Crippen molar-refractivity contribution in [2.45, 2.75) is 32.6 Å². The molecule has 0 aromatic heterocycles. The number of hydrogen-bond donors (Lipinski definition) is 1. The van der Waals surface area contributed by atoms with Crippen molar-refractivity contribution < 1.29 is 9.53 Å². The first-order valence-corrected chi connectivity index (χ1v) is 6.82. The highest BCUT2D eigenvalue weighted by molar-refractivity contribution is 5.79. The molecule has 0 unspecified atom stereocenters. The second kappa shape index (κ2) is 5.83. The summed E-state index contributed by atoms with van der Waals surface area (Å²) in [6.07, 6.45) is 4.04. The van der Waals surface area contributed by atoms with Gasteiger partial charge in [-0.25, -0.2) is 0 Å². The average Bonchev–Trinajstić information content (AvgIpc) is 2.62. The van der Waals surface area contributed by atoms with Crippen molar-refractivity contribution in [2.24, 2.45) is 5.41 Å². The monoisotopic (exact) mass is 240 g/mol. The summed E-state index contributed by atoms with van der Waals surface area (Å²) < 4.78 is 5.32. The zero-order valence-corrected chi connectivity index (χ0v) is 10.8. The molecule has 2 heterocycles. The van der Waals surface area contributed by atoms with Crippen molar-refractivity contribution in [1.82, 2.24) is 10.2 Å². The molecule has 1 N–H and O–H groups in total. The second-order valence-electron chi connectivity index (χ2n) is 5.29. The summed E-state index contributed by atoms with van der Waals surface area (Å²) >= 11 is 0. The van der Waals surface area contributed by atoms with Gasteiger partial charge in [0.05, 0.1) is 0 Å². The van der Waals surface area contributed by atoms with Gasteiger partial charge in [-0.15, -0.1) is 0 Å². The van der Waals surface area contributed by atoms with Crippen LogP contribution >= 0.6 is 0 Å². The van der Waals surface area contributed by atoms with Crippen molar-refractivity contribution in [3.63, 3.8) is 0 Å². The van der Waals surface area contributed by atoms with E-state index in [1.165, 1.54) is 0 Å². The summed E-state index contributed by atoms with van der Waals surface area (Å²) in [5, 5.41) is 3.38. The molecule has 1 spiro atoms. The fourth-order valence-electron chi connectivity index (χ4n) is 2.98. The molecule has 98 valence electrons. The van der Waals surface area contributed by atoms with Crippen molar-refractivity contribution >= 4 is 5.91 Å². The highest BCUT2D eigenvalue weighted by Gasteiger charge is 2.43. The third kappa shape index (κ3) is 3.19. The number of hydrogen-bond acceptors (Lipinski definition) is 3. The maximum atomic E-state index is 12.0. The van der Waals surface area contributed by atoms with Crippen LogP contribution in [0.2, 0.25) is 0 Å². The predicted octanol–water partition coefficient (Wildman–Crippen LogP) is 1.02. The van der Waals surface area contributed by atoms with Crippen LogP contribution < -0.4 is 5.32 Å². The van der Waals surface area contributed by atoms with Gasteiger partial charge in [-0.05, 0) is 44.7 Å². The SMILES string of the molecule is CCOCCCN1CC2(CCNCC2)CC1=O. The molecule has 2 saturated heterocycles. The normalized spacial score (nSPS) is 23.6. The lowest BCUT2D eigenvalue weighted by Gasteiger charge is -2.33. The number of likely N-dealkylation sites (tertiary alicyclic amines) is 1. The largest absolute Gasteiger partial charge is 0.382 e. The van der Waals surface area contributed by atoms with Gasteiger partial charge in [0, 0.05) is 32.7 Å². The smallest absolute Gasteiger partial charge is 0.223 e. The summed E-state index contributed by atoms with van der Waals surface area (Å²) in [4.78, 5) is 14.0. The van der Waals surface area contributed by atoms with Gasteiger partial charge in [-0.3, -0.25) is 4.79 Å². The molecule has 0 aliphatic carbocycles. The Morgan fingerprint density at radius 1 is 1.41 bits per heavy atom. The van der Waals surface area contributed by atoms with E-state index in [-0.39, 0.29) is 5.41 Å². The van der Waals surface area contributed by atoms with E-state index in [2.05, 4.69) is 5.32 Å². The molecule has 2 fully saturated rings. The highest BCUT2D eigenvalue weighted by Crippen LogP contribution is 2.39. The van der Waals surface area contributed by atoms with E-state index in [0.717, 1.165) is 65.1 Å². The number of carbonyl (C=O) groups excluding carboxylic acids is 1. The van der Waals surface area contributed by atoms with E-state index in [0.29, 0.717) is 5.91 Å². The maximum absolute atomic E-state index is 12.0. The van der Waals surface area contributed by atoms with Gasteiger partial charge < -0.3 is 15.0 Å². The fraction of sp³-hybridized carbons (Fsp3) is 0.923. The Balaban J connectivity index is 1.78. The van der Waals surface area contributed by atoms with Gasteiger partial charge in [-0.1, -0.05) is 0 Å². The van der Waals surface area contributed by atoms with Crippen molar-refractivity contribution in [3.8, 4) is 0 Å². The van der Waals surface area contributed by atoms with Crippen LogP contribution in [0.25, 0.3) is 0 Å². The summed E-state index contributed by atoms with van der Waals surface area (Å²) in [6, 6.07) is 0. The Hall–Kier alpha value is -0.610. The van der Waals surface area contributed by atoms with Crippen LogP contribution in [0.4, 0.5) is 0 Å². The first-order chi connectivity index (χ1) is 8.26. The molecule has 0 atom stereocenters. The molecule has 1 amide bonds. The molecule has 0 aromatic carbocycles. The topological polar surface area (TPSA) is 41.6 Å². The standard InChI is InChI=1S/C13H24N2O2/c1-2-17-9-3-8-15-11-13(10-12(15)16)4-6-14-7-5-13/h14H,2-11H2,1H3. The summed E-state index contributed by atoms with van der Waals surface area (Å²) in [6.45, 7) is 7.52. The zero-order chi connectivity index (χ0) is 12.1. The lowest BCUT2D eigenvalue weighted by Crippen LogP contribution is -2.38. The van der Waals surface area contributed by atoms with E-state index in [9.17, 15) is 4.79 Å². The van der Waals surface area contributed by atoms with Crippen LogP contribution in [0.15, 0.2) is 0 Å². The van der Waals surface area contributed by atoms with Gasteiger partial charge in [0.1, 0.15) is 0 Å². The van der Waals surface area contributed by atoms with E-state index >= 15 is 0 Å². The van der Waals surface area contributed by atoms with E-state index in [4.69, 9.17) is 4.74 Å². The Kier molecular flexibility index (Phi) is 4.40. The van der Waals surface area contributed by atoms with Crippen LogP contribution in [0.1, 0.15) is 32.6 Å². The fourth-order valence-corrected chi connectivity index (χ4v) is 2.98. The van der Waals surface area contributed by atoms with E-state index in [1.54, 1.807) is 0 Å². The summed E-state index contributed by atoms with van der Waals surface area (Å²) in [5.41, 5.74) is 0.286. The predicted molar refractivity (Wildman–Crippen MR) is 66.8 cm³/mol. The quantitative estimate of drug-likeness (QED) is 0.729. The van der Waals surface area contributed by atoms with E-state index in [1.807, 2.05) is 11.8 Å². The van der Waals surface area contributed by atoms with Crippen LogP contribution in [-0.4, -0.2) is 50.2 Å². The molecule has 2 aliphatic heterocycles. The molecular formula is C13H24N2O2. The van der Waals surface area contributed by atoms with Gasteiger partial charge in [0.2, 0.25) is 5.91 Å². The van der Waals surface area contributed by atoms with Crippen LogP contribution in [0.5, 0.6) is 0 Å². The Morgan fingerprint density at radius 3 is 2.88 bits per heavy atom. The Morgan fingerprint density at radius 2 is 2.18 bits per heavy atom. The molecular weight excluding hydrogens is 216 g/mol. The molecule has 0 aromatic rings. The number of amides is 1. The van der Waals surface area contributed by atoms with Crippen molar-refractivity contribution in [3.05, 3.63) is 0 Å². The lowest BCUT2D eigenvalue weighted by atomic mass is 9.78. The minimum atomic E-state index is 0.286. The number of piperidine rings is 1.